The van der Waals surface area contributed by atoms with Gasteiger partial charge in [-0.3, -0.25) is 14.6 Å². The highest BCUT2D eigenvalue weighted by Gasteiger charge is 2.20. The second kappa shape index (κ2) is 9.70. The Morgan fingerprint density at radius 1 is 1.19 bits per heavy atom. The first kappa shape index (κ1) is 21.6. The predicted molar refractivity (Wildman–Crippen MR) is 125 cm³/mol. The number of hydrogen-bond donors (Lipinski definition) is 2. The molecule has 1 aliphatic carbocycles. The Bertz CT molecular complexity index is 1190. The molecule has 1 fully saturated rings. The van der Waals surface area contributed by atoms with Crippen LogP contribution in [0.1, 0.15) is 40.9 Å². The van der Waals surface area contributed by atoms with Crippen LogP contribution in [0.2, 0.25) is 0 Å². The molecule has 0 amide bonds. The standard InChI is InChI=1S/C25H27N5O2/c1-27-13-18-4-6-19(7-5-18)21(26)12-24(31)23-15-28-14-22(29-23)20-8-9-25(32)30(16-20)11-10-17-2-3-17/h4-9,12,14-17,27H,2-3,10-11,13,26H2,1H3. The van der Waals surface area contributed by atoms with Gasteiger partial charge >= 0.3 is 0 Å². The molecule has 0 spiro atoms. The minimum atomic E-state index is -0.321. The van der Waals surface area contributed by atoms with Gasteiger partial charge in [-0.1, -0.05) is 37.1 Å². The zero-order valence-electron chi connectivity index (χ0n) is 18.1. The fourth-order valence-corrected chi connectivity index (χ4v) is 3.53. The lowest BCUT2D eigenvalue weighted by molar-refractivity contribution is 0.104. The van der Waals surface area contributed by atoms with Gasteiger partial charge in [0.25, 0.3) is 5.56 Å². The largest absolute Gasteiger partial charge is 0.398 e. The second-order valence-corrected chi connectivity index (χ2v) is 8.16. The molecule has 0 atom stereocenters. The van der Waals surface area contributed by atoms with Gasteiger partial charge in [-0.05, 0) is 36.6 Å². The molecule has 0 aliphatic heterocycles. The van der Waals surface area contributed by atoms with Crippen LogP contribution in [0.15, 0.2) is 65.9 Å². The van der Waals surface area contributed by atoms with Gasteiger partial charge < -0.3 is 15.6 Å². The van der Waals surface area contributed by atoms with E-state index in [2.05, 4.69) is 15.3 Å². The number of aromatic nitrogens is 3. The van der Waals surface area contributed by atoms with Gasteiger partial charge in [-0.2, -0.15) is 0 Å². The zero-order chi connectivity index (χ0) is 22.5. The monoisotopic (exact) mass is 429 g/mol. The van der Waals surface area contributed by atoms with Crippen molar-refractivity contribution in [3.05, 3.63) is 88.2 Å². The molecular formula is C25H27N5O2. The second-order valence-electron chi connectivity index (χ2n) is 8.16. The van der Waals surface area contributed by atoms with E-state index in [1.54, 1.807) is 23.0 Å². The molecule has 1 aromatic carbocycles. The molecule has 3 N–H and O–H groups in total. The van der Waals surface area contributed by atoms with E-state index >= 15 is 0 Å². The molecule has 32 heavy (non-hydrogen) atoms. The van der Waals surface area contributed by atoms with E-state index in [1.165, 1.54) is 31.2 Å². The van der Waals surface area contributed by atoms with Crippen LogP contribution in [0.25, 0.3) is 17.0 Å². The number of allylic oxidation sites excluding steroid dienone is 1. The lowest BCUT2D eigenvalue weighted by Gasteiger charge is -2.08. The molecule has 0 bridgehead atoms. The molecule has 4 rings (SSSR count). The SMILES string of the molecule is CNCc1ccc(C(N)=CC(=O)c2cncc(-c3ccc(=O)n(CCC4CC4)c3)n2)cc1. The lowest BCUT2D eigenvalue weighted by Crippen LogP contribution is -2.19. The molecule has 7 nitrogen and oxygen atoms in total. The fraction of sp³-hybridized carbons (Fsp3) is 0.280. The van der Waals surface area contributed by atoms with Crippen LogP contribution in [0.5, 0.6) is 0 Å². The number of nitrogens with one attached hydrogen (secondary N) is 1. The van der Waals surface area contributed by atoms with E-state index in [0.717, 1.165) is 35.6 Å². The number of nitrogens with two attached hydrogens (primary N) is 1. The Labute approximate surface area is 187 Å². The third-order valence-corrected chi connectivity index (χ3v) is 5.60. The maximum atomic E-state index is 12.8. The summed E-state index contributed by atoms with van der Waals surface area (Å²) in [5, 5.41) is 3.09. The smallest absolute Gasteiger partial charge is 0.250 e. The minimum absolute atomic E-state index is 0.0361. The van der Waals surface area contributed by atoms with Crippen LogP contribution in [0, 0.1) is 5.92 Å². The Balaban J connectivity index is 1.53. The van der Waals surface area contributed by atoms with Crippen molar-refractivity contribution in [2.24, 2.45) is 11.7 Å². The van der Waals surface area contributed by atoms with Crippen molar-refractivity contribution in [3.63, 3.8) is 0 Å². The van der Waals surface area contributed by atoms with Gasteiger partial charge in [-0.15, -0.1) is 0 Å². The lowest BCUT2D eigenvalue weighted by atomic mass is 10.1. The van der Waals surface area contributed by atoms with Crippen molar-refractivity contribution in [1.29, 1.82) is 0 Å². The average molecular weight is 430 g/mol. The van der Waals surface area contributed by atoms with Gasteiger partial charge in [0.2, 0.25) is 5.78 Å². The fourth-order valence-electron chi connectivity index (χ4n) is 3.53. The van der Waals surface area contributed by atoms with E-state index < -0.39 is 0 Å². The van der Waals surface area contributed by atoms with E-state index in [0.29, 0.717) is 17.9 Å². The molecule has 2 heterocycles. The molecule has 0 saturated heterocycles. The number of carbonyl (C=O) groups excluding carboxylic acids is 1. The quantitative estimate of drug-likeness (QED) is 0.400. The van der Waals surface area contributed by atoms with Gasteiger partial charge in [0.05, 0.1) is 18.1 Å². The van der Waals surface area contributed by atoms with E-state index in [-0.39, 0.29) is 17.0 Å². The average Bonchev–Trinajstić information content (AvgIpc) is 3.64. The summed E-state index contributed by atoms with van der Waals surface area (Å²) >= 11 is 0. The Hall–Kier alpha value is -3.58. The molecule has 2 aromatic heterocycles. The highest BCUT2D eigenvalue weighted by molar-refractivity contribution is 6.07. The summed E-state index contributed by atoms with van der Waals surface area (Å²) in [5.74, 6) is 0.418. The third-order valence-electron chi connectivity index (χ3n) is 5.60. The van der Waals surface area contributed by atoms with Crippen molar-refractivity contribution in [3.8, 4) is 11.3 Å². The molecule has 0 radical (unpaired) electrons. The summed E-state index contributed by atoms with van der Waals surface area (Å²) in [6.07, 6.45) is 9.69. The first-order valence-corrected chi connectivity index (χ1v) is 10.8. The molecular weight excluding hydrogens is 402 g/mol. The summed E-state index contributed by atoms with van der Waals surface area (Å²) in [5.41, 5.74) is 9.87. The summed E-state index contributed by atoms with van der Waals surface area (Å²) in [4.78, 5) is 33.6. The van der Waals surface area contributed by atoms with Crippen molar-refractivity contribution >= 4 is 11.5 Å². The molecule has 0 unspecified atom stereocenters. The van der Waals surface area contributed by atoms with Gasteiger partial charge in [0, 0.05) is 42.7 Å². The number of hydrogen-bond acceptors (Lipinski definition) is 6. The highest BCUT2D eigenvalue weighted by Crippen LogP contribution is 2.32. The third kappa shape index (κ3) is 5.36. The van der Waals surface area contributed by atoms with E-state index in [4.69, 9.17) is 5.73 Å². The summed E-state index contributed by atoms with van der Waals surface area (Å²) in [7, 11) is 1.89. The molecule has 3 aromatic rings. The van der Waals surface area contributed by atoms with Crippen LogP contribution >= 0.6 is 0 Å². The van der Waals surface area contributed by atoms with Gasteiger partial charge in [0.1, 0.15) is 5.69 Å². The number of benzene rings is 1. The predicted octanol–water partition coefficient (Wildman–Crippen LogP) is 3.01. The first-order valence-electron chi connectivity index (χ1n) is 10.8. The zero-order valence-corrected chi connectivity index (χ0v) is 18.1. The van der Waals surface area contributed by atoms with Crippen molar-refractivity contribution in [2.45, 2.75) is 32.4 Å². The number of rotatable bonds is 9. The number of carbonyl (C=O) groups is 1. The Morgan fingerprint density at radius 3 is 2.69 bits per heavy atom. The summed E-state index contributed by atoms with van der Waals surface area (Å²) in [6, 6.07) is 11.0. The molecule has 164 valence electrons. The number of pyridine rings is 1. The van der Waals surface area contributed by atoms with Crippen molar-refractivity contribution in [1.82, 2.24) is 19.9 Å². The van der Waals surface area contributed by atoms with E-state index in [1.807, 2.05) is 31.3 Å². The Kier molecular flexibility index (Phi) is 6.56. The highest BCUT2D eigenvalue weighted by atomic mass is 16.1. The minimum Gasteiger partial charge on any atom is -0.398 e. The summed E-state index contributed by atoms with van der Waals surface area (Å²) in [6.45, 7) is 1.45. The number of aryl methyl sites for hydroxylation is 1. The van der Waals surface area contributed by atoms with Gasteiger partial charge in [0.15, 0.2) is 0 Å². The molecule has 7 heteroatoms. The maximum Gasteiger partial charge on any atom is 0.250 e. The number of nitrogens with zero attached hydrogens (tertiary/aromatic N) is 3. The summed E-state index contributed by atoms with van der Waals surface area (Å²) < 4.78 is 1.71. The first-order chi connectivity index (χ1) is 15.5. The van der Waals surface area contributed by atoms with Crippen molar-refractivity contribution < 1.29 is 4.79 Å². The molecule has 1 saturated carbocycles. The topological polar surface area (TPSA) is 103 Å². The molecule has 1 aliphatic rings. The van der Waals surface area contributed by atoms with Crippen LogP contribution in [-0.2, 0) is 13.1 Å². The van der Waals surface area contributed by atoms with Gasteiger partial charge in [-0.25, -0.2) is 4.98 Å². The number of ketones is 1. The normalized spacial score (nSPS) is 13.8. The van der Waals surface area contributed by atoms with Crippen LogP contribution in [0.4, 0.5) is 0 Å². The van der Waals surface area contributed by atoms with E-state index in [9.17, 15) is 9.59 Å². The van der Waals surface area contributed by atoms with Crippen molar-refractivity contribution in [2.75, 3.05) is 7.05 Å². The Morgan fingerprint density at radius 2 is 1.97 bits per heavy atom. The maximum absolute atomic E-state index is 12.8. The van der Waals surface area contributed by atoms with Crippen LogP contribution in [0.3, 0.4) is 0 Å². The van der Waals surface area contributed by atoms with Crippen LogP contribution in [-0.4, -0.2) is 27.4 Å². The van der Waals surface area contributed by atoms with Crippen LogP contribution < -0.4 is 16.6 Å².